The Morgan fingerprint density at radius 2 is 1.67 bits per heavy atom. The standard InChI is InChI=1S/C19H24N4O/c1-12-8-13(2)10-16(9-12)22-18-11-17(20-14(3)21-18)19(24)23-15-6-4-5-7-15/h8-11,15H,4-7H2,1-3H3,(H,23,24)(H,20,21,22). The van der Waals surface area contributed by atoms with Crippen molar-refractivity contribution in [1.82, 2.24) is 15.3 Å². The van der Waals surface area contributed by atoms with Crippen molar-refractivity contribution in [1.29, 1.82) is 0 Å². The molecule has 2 aromatic rings. The van der Waals surface area contributed by atoms with Crippen molar-refractivity contribution in [3.05, 3.63) is 46.9 Å². The molecule has 0 unspecified atom stereocenters. The van der Waals surface area contributed by atoms with E-state index >= 15 is 0 Å². The molecule has 1 heterocycles. The molecule has 2 N–H and O–H groups in total. The van der Waals surface area contributed by atoms with Gasteiger partial charge in [0.1, 0.15) is 17.3 Å². The lowest BCUT2D eigenvalue weighted by molar-refractivity contribution is 0.0932. The summed E-state index contributed by atoms with van der Waals surface area (Å²) < 4.78 is 0. The van der Waals surface area contributed by atoms with E-state index in [4.69, 9.17) is 0 Å². The second kappa shape index (κ2) is 6.99. The number of carbonyl (C=O) groups excluding carboxylic acids is 1. The number of hydrogen-bond donors (Lipinski definition) is 2. The van der Waals surface area contributed by atoms with Crippen LogP contribution in [0.25, 0.3) is 0 Å². The van der Waals surface area contributed by atoms with E-state index < -0.39 is 0 Å². The maximum Gasteiger partial charge on any atom is 0.270 e. The summed E-state index contributed by atoms with van der Waals surface area (Å²) in [5, 5.41) is 6.36. The Morgan fingerprint density at radius 1 is 1.00 bits per heavy atom. The van der Waals surface area contributed by atoms with E-state index in [1.54, 1.807) is 13.0 Å². The SMILES string of the molecule is Cc1cc(C)cc(Nc2cc(C(=O)NC3CCCC3)nc(C)n2)c1. The molecule has 1 aromatic heterocycles. The first-order valence-corrected chi connectivity index (χ1v) is 8.51. The van der Waals surface area contributed by atoms with Crippen molar-refractivity contribution in [2.75, 3.05) is 5.32 Å². The Morgan fingerprint density at radius 3 is 2.33 bits per heavy atom. The van der Waals surface area contributed by atoms with Gasteiger partial charge >= 0.3 is 0 Å². The fourth-order valence-electron chi connectivity index (χ4n) is 3.27. The molecule has 0 atom stereocenters. The van der Waals surface area contributed by atoms with Gasteiger partial charge in [-0.2, -0.15) is 0 Å². The van der Waals surface area contributed by atoms with Gasteiger partial charge in [0.25, 0.3) is 5.91 Å². The van der Waals surface area contributed by atoms with Crippen molar-refractivity contribution >= 4 is 17.4 Å². The fourth-order valence-corrected chi connectivity index (χ4v) is 3.27. The summed E-state index contributed by atoms with van der Waals surface area (Å²) >= 11 is 0. The second-order valence-corrected chi connectivity index (χ2v) is 6.64. The first kappa shape index (κ1) is 16.4. The fraction of sp³-hybridized carbons (Fsp3) is 0.421. The number of anilines is 2. The number of nitrogens with zero attached hydrogens (tertiary/aromatic N) is 2. The van der Waals surface area contributed by atoms with Crippen LogP contribution < -0.4 is 10.6 Å². The van der Waals surface area contributed by atoms with Gasteiger partial charge in [-0.25, -0.2) is 9.97 Å². The molecular formula is C19H24N4O. The minimum atomic E-state index is -0.115. The molecule has 0 radical (unpaired) electrons. The minimum absolute atomic E-state index is 0.115. The molecule has 5 heteroatoms. The Labute approximate surface area is 142 Å². The van der Waals surface area contributed by atoms with Crippen LogP contribution in [0.15, 0.2) is 24.3 Å². The van der Waals surface area contributed by atoms with E-state index in [1.807, 2.05) is 0 Å². The van der Waals surface area contributed by atoms with Crippen molar-refractivity contribution in [3.8, 4) is 0 Å². The Kier molecular flexibility index (Phi) is 4.79. The lowest BCUT2D eigenvalue weighted by atomic mass is 10.1. The Balaban J connectivity index is 1.79. The number of nitrogens with one attached hydrogen (secondary N) is 2. The zero-order valence-corrected chi connectivity index (χ0v) is 14.5. The molecule has 24 heavy (non-hydrogen) atoms. The summed E-state index contributed by atoms with van der Waals surface area (Å²) in [5.41, 5.74) is 3.75. The zero-order valence-electron chi connectivity index (χ0n) is 14.5. The van der Waals surface area contributed by atoms with Crippen LogP contribution in [0, 0.1) is 20.8 Å². The molecule has 1 aliphatic rings. The molecule has 1 fully saturated rings. The molecule has 0 bridgehead atoms. The highest BCUT2D eigenvalue weighted by Crippen LogP contribution is 2.20. The maximum atomic E-state index is 12.4. The van der Waals surface area contributed by atoms with Crippen LogP contribution in [0.2, 0.25) is 0 Å². The number of hydrogen-bond acceptors (Lipinski definition) is 4. The maximum absolute atomic E-state index is 12.4. The summed E-state index contributed by atoms with van der Waals surface area (Å²) in [6, 6.07) is 8.24. The summed E-state index contributed by atoms with van der Waals surface area (Å²) in [6.07, 6.45) is 4.49. The average molecular weight is 324 g/mol. The number of aromatic nitrogens is 2. The van der Waals surface area contributed by atoms with Crippen LogP contribution in [0.1, 0.15) is 53.1 Å². The van der Waals surface area contributed by atoms with E-state index in [0.717, 1.165) is 18.5 Å². The molecular weight excluding hydrogens is 300 g/mol. The third-order valence-electron chi connectivity index (χ3n) is 4.26. The van der Waals surface area contributed by atoms with Crippen LogP contribution in [0.5, 0.6) is 0 Å². The molecule has 3 rings (SSSR count). The first-order chi connectivity index (χ1) is 11.5. The third kappa shape index (κ3) is 4.10. The van der Waals surface area contributed by atoms with Gasteiger partial charge < -0.3 is 10.6 Å². The summed E-state index contributed by atoms with van der Waals surface area (Å²) in [5.74, 6) is 1.11. The molecule has 0 saturated heterocycles. The smallest absolute Gasteiger partial charge is 0.270 e. The van der Waals surface area contributed by atoms with Crippen LogP contribution in [0.4, 0.5) is 11.5 Å². The lowest BCUT2D eigenvalue weighted by Gasteiger charge is -2.13. The number of amides is 1. The van der Waals surface area contributed by atoms with E-state index in [0.29, 0.717) is 17.3 Å². The highest BCUT2D eigenvalue weighted by molar-refractivity contribution is 5.93. The minimum Gasteiger partial charge on any atom is -0.348 e. The van der Waals surface area contributed by atoms with Gasteiger partial charge in [-0.3, -0.25) is 4.79 Å². The molecule has 1 aliphatic carbocycles. The number of carbonyl (C=O) groups is 1. The first-order valence-electron chi connectivity index (χ1n) is 8.51. The van der Waals surface area contributed by atoms with Crippen molar-refractivity contribution in [2.24, 2.45) is 0 Å². The van der Waals surface area contributed by atoms with Crippen LogP contribution in [0.3, 0.4) is 0 Å². The largest absolute Gasteiger partial charge is 0.348 e. The highest BCUT2D eigenvalue weighted by atomic mass is 16.1. The van der Waals surface area contributed by atoms with E-state index in [1.165, 1.54) is 24.0 Å². The van der Waals surface area contributed by atoms with Crippen molar-refractivity contribution < 1.29 is 4.79 Å². The molecule has 0 aliphatic heterocycles. The summed E-state index contributed by atoms with van der Waals surface area (Å²) in [6.45, 7) is 5.92. The van der Waals surface area contributed by atoms with E-state index in [9.17, 15) is 4.79 Å². The van der Waals surface area contributed by atoms with Crippen LogP contribution >= 0.6 is 0 Å². The van der Waals surface area contributed by atoms with Gasteiger partial charge in [-0.15, -0.1) is 0 Å². The van der Waals surface area contributed by atoms with Gasteiger partial charge in [0, 0.05) is 17.8 Å². The van der Waals surface area contributed by atoms with Gasteiger partial charge in [0.2, 0.25) is 0 Å². The van der Waals surface area contributed by atoms with Crippen molar-refractivity contribution in [3.63, 3.8) is 0 Å². The zero-order chi connectivity index (χ0) is 17.1. The number of rotatable bonds is 4. The van der Waals surface area contributed by atoms with Gasteiger partial charge in [0.15, 0.2) is 0 Å². The molecule has 1 amide bonds. The predicted molar refractivity (Wildman–Crippen MR) is 95.7 cm³/mol. The number of benzene rings is 1. The molecule has 1 aromatic carbocycles. The molecule has 126 valence electrons. The normalized spacial score (nSPS) is 14.6. The summed E-state index contributed by atoms with van der Waals surface area (Å²) in [4.78, 5) is 21.1. The second-order valence-electron chi connectivity index (χ2n) is 6.64. The quantitative estimate of drug-likeness (QED) is 0.897. The lowest BCUT2D eigenvalue weighted by Crippen LogP contribution is -2.33. The van der Waals surface area contributed by atoms with Gasteiger partial charge in [-0.05, 0) is 56.9 Å². The van der Waals surface area contributed by atoms with E-state index in [-0.39, 0.29) is 11.9 Å². The van der Waals surface area contributed by atoms with Gasteiger partial charge in [-0.1, -0.05) is 18.9 Å². The molecule has 0 spiro atoms. The number of aryl methyl sites for hydroxylation is 3. The Hall–Kier alpha value is -2.43. The van der Waals surface area contributed by atoms with Crippen LogP contribution in [-0.2, 0) is 0 Å². The van der Waals surface area contributed by atoms with Gasteiger partial charge in [0.05, 0.1) is 0 Å². The van der Waals surface area contributed by atoms with Crippen molar-refractivity contribution in [2.45, 2.75) is 52.5 Å². The van der Waals surface area contributed by atoms with E-state index in [2.05, 4.69) is 52.6 Å². The highest BCUT2D eigenvalue weighted by Gasteiger charge is 2.19. The summed E-state index contributed by atoms with van der Waals surface area (Å²) in [7, 11) is 0. The Bertz CT molecular complexity index is 731. The molecule has 5 nitrogen and oxygen atoms in total. The topological polar surface area (TPSA) is 66.9 Å². The third-order valence-corrected chi connectivity index (χ3v) is 4.26. The van der Waals surface area contributed by atoms with Crippen LogP contribution in [-0.4, -0.2) is 21.9 Å². The molecule has 1 saturated carbocycles. The monoisotopic (exact) mass is 324 g/mol. The average Bonchev–Trinajstić information content (AvgIpc) is 2.98. The predicted octanol–water partition coefficient (Wildman–Crippen LogP) is 3.82.